The van der Waals surface area contributed by atoms with E-state index in [-0.39, 0.29) is 24.3 Å². The molecular weight excluding hydrogens is 449 g/mol. The Bertz CT molecular complexity index is 1240. The molecule has 0 saturated heterocycles. The van der Waals surface area contributed by atoms with Gasteiger partial charge in [-0.2, -0.15) is 0 Å². The maximum Gasteiger partial charge on any atom is 0.258 e. The van der Waals surface area contributed by atoms with Crippen LogP contribution in [0.5, 0.6) is 0 Å². The number of halogens is 2. The number of hydrogen-bond acceptors (Lipinski definition) is 3. The number of benzene rings is 3. The summed E-state index contributed by atoms with van der Waals surface area (Å²) < 4.78 is 0. The molecule has 32 heavy (non-hydrogen) atoms. The van der Waals surface area contributed by atoms with Crippen molar-refractivity contribution in [3.8, 4) is 0 Å². The number of carbonyl (C=O) groups is 3. The standard InChI is InChI=1S/C24H17Cl2N3O3/c25-18-11-5-15(13-19(18)26)6-12-22(30)27-17-9-7-16(8-10-17)24(32)29-14-23(31)28-20-3-1-2-4-21(20)29/h1-13H,14H2,(H,27,30)(H,28,31)/b12-6+. The van der Waals surface area contributed by atoms with E-state index in [0.717, 1.165) is 5.56 Å². The fraction of sp³-hybridized carbons (Fsp3) is 0.0417. The van der Waals surface area contributed by atoms with Crippen LogP contribution in [0, 0.1) is 0 Å². The fourth-order valence-corrected chi connectivity index (χ4v) is 3.54. The highest BCUT2D eigenvalue weighted by Crippen LogP contribution is 2.30. The Labute approximate surface area is 194 Å². The maximum atomic E-state index is 13.0. The normalized spacial score (nSPS) is 12.9. The first-order chi connectivity index (χ1) is 15.4. The molecule has 0 spiro atoms. The van der Waals surface area contributed by atoms with Crippen LogP contribution in [0.4, 0.5) is 17.1 Å². The molecule has 160 valence electrons. The number of anilines is 3. The Morgan fingerprint density at radius 2 is 1.72 bits per heavy atom. The van der Waals surface area contributed by atoms with Crippen LogP contribution in [-0.4, -0.2) is 24.3 Å². The Kier molecular flexibility index (Phi) is 6.25. The van der Waals surface area contributed by atoms with Crippen LogP contribution >= 0.6 is 23.2 Å². The zero-order valence-corrected chi connectivity index (χ0v) is 18.2. The van der Waals surface area contributed by atoms with Gasteiger partial charge in [-0.3, -0.25) is 19.3 Å². The Balaban J connectivity index is 1.43. The first kappa shape index (κ1) is 21.6. The van der Waals surface area contributed by atoms with E-state index in [1.807, 2.05) is 0 Å². The molecule has 1 heterocycles. The topological polar surface area (TPSA) is 78.5 Å². The minimum absolute atomic E-state index is 0.0617. The maximum absolute atomic E-state index is 13.0. The van der Waals surface area contributed by atoms with E-state index in [1.54, 1.807) is 72.8 Å². The second-order valence-electron chi connectivity index (χ2n) is 7.03. The summed E-state index contributed by atoms with van der Waals surface area (Å²) in [5.74, 6) is -0.892. The van der Waals surface area contributed by atoms with E-state index in [1.165, 1.54) is 11.0 Å². The van der Waals surface area contributed by atoms with Crippen molar-refractivity contribution in [2.24, 2.45) is 0 Å². The second-order valence-corrected chi connectivity index (χ2v) is 7.84. The predicted octanol–water partition coefficient (Wildman–Crippen LogP) is 5.24. The first-order valence-electron chi connectivity index (χ1n) is 9.65. The van der Waals surface area contributed by atoms with Gasteiger partial charge < -0.3 is 10.6 Å². The number of hydrogen-bond donors (Lipinski definition) is 2. The summed E-state index contributed by atoms with van der Waals surface area (Å²) in [6, 6.07) is 18.7. The quantitative estimate of drug-likeness (QED) is 0.516. The van der Waals surface area contributed by atoms with Gasteiger partial charge in [0.25, 0.3) is 5.91 Å². The smallest absolute Gasteiger partial charge is 0.258 e. The highest BCUT2D eigenvalue weighted by atomic mass is 35.5. The van der Waals surface area contributed by atoms with E-state index < -0.39 is 0 Å². The molecule has 0 fully saturated rings. The minimum Gasteiger partial charge on any atom is -0.323 e. The Hall–Kier alpha value is -3.61. The van der Waals surface area contributed by atoms with Crippen LogP contribution in [0.3, 0.4) is 0 Å². The molecule has 2 N–H and O–H groups in total. The summed E-state index contributed by atoms with van der Waals surface area (Å²) in [5.41, 5.74) is 2.90. The van der Waals surface area contributed by atoms with E-state index in [4.69, 9.17) is 23.2 Å². The summed E-state index contributed by atoms with van der Waals surface area (Å²) in [6.45, 7) is -0.0617. The van der Waals surface area contributed by atoms with Crippen molar-refractivity contribution >= 4 is 64.1 Å². The monoisotopic (exact) mass is 465 g/mol. The SMILES string of the molecule is O=C(/C=C/c1ccc(Cl)c(Cl)c1)Nc1ccc(C(=O)N2CC(=O)Nc3ccccc32)cc1. The summed E-state index contributed by atoms with van der Waals surface area (Å²) >= 11 is 11.9. The van der Waals surface area contributed by atoms with E-state index in [0.29, 0.717) is 32.7 Å². The molecule has 3 amide bonds. The van der Waals surface area contributed by atoms with Crippen molar-refractivity contribution in [3.05, 3.63) is 94.0 Å². The average Bonchev–Trinajstić information content (AvgIpc) is 2.79. The van der Waals surface area contributed by atoms with Gasteiger partial charge in [0.1, 0.15) is 6.54 Å². The molecule has 3 aromatic rings. The molecule has 0 atom stereocenters. The lowest BCUT2D eigenvalue weighted by Gasteiger charge is -2.29. The number of rotatable bonds is 4. The molecule has 0 aromatic heterocycles. The van der Waals surface area contributed by atoms with Gasteiger partial charge in [0.05, 0.1) is 21.4 Å². The van der Waals surface area contributed by atoms with Gasteiger partial charge in [-0.1, -0.05) is 41.4 Å². The third-order valence-electron chi connectivity index (χ3n) is 4.79. The van der Waals surface area contributed by atoms with Gasteiger partial charge >= 0.3 is 0 Å². The summed E-state index contributed by atoms with van der Waals surface area (Å²) in [4.78, 5) is 38.6. The van der Waals surface area contributed by atoms with Crippen molar-refractivity contribution < 1.29 is 14.4 Å². The van der Waals surface area contributed by atoms with E-state index in [9.17, 15) is 14.4 Å². The number of amides is 3. The summed E-state index contributed by atoms with van der Waals surface area (Å²) in [5, 5.41) is 6.34. The van der Waals surface area contributed by atoms with Crippen molar-refractivity contribution in [1.29, 1.82) is 0 Å². The van der Waals surface area contributed by atoms with Crippen molar-refractivity contribution in [3.63, 3.8) is 0 Å². The van der Waals surface area contributed by atoms with Crippen LogP contribution < -0.4 is 15.5 Å². The van der Waals surface area contributed by atoms with Gasteiger partial charge in [0, 0.05) is 17.3 Å². The molecule has 0 unspecified atom stereocenters. The zero-order chi connectivity index (χ0) is 22.7. The van der Waals surface area contributed by atoms with Crippen LogP contribution in [0.2, 0.25) is 10.0 Å². The largest absolute Gasteiger partial charge is 0.323 e. The average molecular weight is 466 g/mol. The Morgan fingerprint density at radius 1 is 0.969 bits per heavy atom. The number of fused-ring (bicyclic) bond motifs is 1. The van der Waals surface area contributed by atoms with E-state index >= 15 is 0 Å². The number of nitrogens with one attached hydrogen (secondary N) is 2. The summed E-state index contributed by atoms with van der Waals surface area (Å²) in [7, 11) is 0. The molecule has 3 aromatic carbocycles. The molecule has 6 nitrogen and oxygen atoms in total. The minimum atomic E-state index is -0.336. The lowest BCUT2D eigenvalue weighted by molar-refractivity contribution is -0.115. The first-order valence-corrected chi connectivity index (χ1v) is 10.4. The fourth-order valence-electron chi connectivity index (χ4n) is 3.24. The second kappa shape index (κ2) is 9.26. The molecule has 0 radical (unpaired) electrons. The third-order valence-corrected chi connectivity index (χ3v) is 5.53. The highest BCUT2D eigenvalue weighted by Gasteiger charge is 2.27. The van der Waals surface area contributed by atoms with Gasteiger partial charge in [-0.05, 0) is 60.2 Å². The summed E-state index contributed by atoms with van der Waals surface area (Å²) in [6.07, 6.45) is 3.00. The lowest BCUT2D eigenvalue weighted by atomic mass is 10.1. The molecule has 4 rings (SSSR count). The van der Waals surface area contributed by atoms with Crippen LogP contribution in [0.1, 0.15) is 15.9 Å². The molecule has 0 aliphatic carbocycles. The number of para-hydroxylation sites is 2. The van der Waals surface area contributed by atoms with Gasteiger partial charge in [0.2, 0.25) is 11.8 Å². The van der Waals surface area contributed by atoms with Crippen LogP contribution in [0.15, 0.2) is 72.8 Å². The lowest BCUT2D eigenvalue weighted by Crippen LogP contribution is -2.42. The molecular formula is C24H17Cl2N3O3. The molecule has 1 aliphatic rings. The van der Waals surface area contributed by atoms with E-state index in [2.05, 4.69) is 10.6 Å². The van der Waals surface area contributed by atoms with Crippen molar-refractivity contribution in [2.75, 3.05) is 22.1 Å². The van der Waals surface area contributed by atoms with Gasteiger partial charge in [-0.25, -0.2) is 0 Å². The number of carbonyl (C=O) groups excluding carboxylic acids is 3. The van der Waals surface area contributed by atoms with Crippen molar-refractivity contribution in [1.82, 2.24) is 0 Å². The highest BCUT2D eigenvalue weighted by molar-refractivity contribution is 6.42. The molecule has 0 bridgehead atoms. The number of nitrogens with zero attached hydrogens (tertiary/aromatic N) is 1. The van der Waals surface area contributed by atoms with Gasteiger partial charge in [0.15, 0.2) is 0 Å². The predicted molar refractivity (Wildman–Crippen MR) is 127 cm³/mol. The molecule has 1 aliphatic heterocycles. The Morgan fingerprint density at radius 3 is 2.47 bits per heavy atom. The zero-order valence-electron chi connectivity index (χ0n) is 16.6. The molecule has 0 saturated carbocycles. The van der Waals surface area contributed by atoms with Crippen LogP contribution in [-0.2, 0) is 9.59 Å². The van der Waals surface area contributed by atoms with Gasteiger partial charge in [-0.15, -0.1) is 0 Å². The molecule has 8 heteroatoms. The van der Waals surface area contributed by atoms with Crippen LogP contribution in [0.25, 0.3) is 6.08 Å². The van der Waals surface area contributed by atoms with Crippen molar-refractivity contribution in [2.45, 2.75) is 0 Å². The third kappa shape index (κ3) is 4.82.